The summed E-state index contributed by atoms with van der Waals surface area (Å²) in [7, 11) is 0. The van der Waals surface area contributed by atoms with Gasteiger partial charge in [0.15, 0.2) is 5.82 Å². The van der Waals surface area contributed by atoms with Gasteiger partial charge in [0.25, 0.3) is 0 Å². The number of nitrogens with one attached hydrogen (secondary N) is 3. The van der Waals surface area contributed by atoms with Gasteiger partial charge in [0, 0.05) is 5.56 Å². The van der Waals surface area contributed by atoms with Crippen molar-refractivity contribution in [3.8, 4) is 28.5 Å². The Hall–Kier alpha value is -2.41. The van der Waals surface area contributed by atoms with E-state index in [0.717, 1.165) is 0 Å². The molecule has 0 amide bonds. The van der Waals surface area contributed by atoms with E-state index in [9.17, 15) is 5.11 Å². The van der Waals surface area contributed by atoms with Crippen molar-refractivity contribution in [2.24, 2.45) is 0 Å². The first kappa shape index (κ1) is 10.7. The number of aromatic hydroxyl groups is 1. The van der Waals surface area contributed by atoms with Gasteiger partial charge in [-0.05, 0) is 30.4 Å². The SMILES string of the molecule is Oc1ccccc1-c1cc(-c2nc(=S)[nH][nH]2)[nH]n1. The Kier molecular flexibility index (Phi) is 2.45. The van der Waals surface area contributed by atoms with Crippen LogP contribution >= 0.6 is 12.2 Å². The third-order valence-electron chi connectivity index (χ3n) is 2.51. The molecule has 0 bridgehead atoms. The highest BCUT2D eigenvalue weighted by atomic mass is 32.1. The molecule has 0 saturated heterocycles. The van der Waals surface area contributed by atoms with Gasteiger partial charge in [0.05, 0.1) is 5.69 Å². The summed E-state index contributed by atoms with van der Waals surface area (Å²) in [5.74, 6) is 0.764. The highest BCUT2D eigenvalue weighted by Crippen LogP contribution is 2.28. The van der Waals surface area contributed by atoms with Crippen LogP contribution in [0.5, 0.6) is 5.75 Å². The predicted molar refractivity (Wildman–Crippen MR) is 68.5 cm³/mol. The second-order valence-corrected chi connectivity index (χ2v) is 4.09. The molecule has 4 N–H and O–H groups in total. The van der Waals surface area contributed by atoms with Crippen molar-refractivity contribution in [1.29, 1.82) is 0 Å². The van der Waals surface area contributed by atoms with Crippen molar-refractivity contribution < 1.29 is 5.11 Å². The lowest BCUT2D eigenvalue weighted by molar-refractivity contribution is 0.477. The Morgan fingerprint density at radius 2 is 2.00 bits per heavy atom. The van der Waals surface area contributed by atoms with E-state index in [0.29, 0.717) is 27.5 Å². The Bertz CT molecular complexity index is 741. The molecule has 18 heavy (non-hydrogen) atoms. The highest BCUT2D eigenvalue weighted by molar-refractivity contribution is 7.71. The smallest absolute Gasteiger partial charge is 0.213 e. The van der Waals surface area contributed by atoms with Gasteiger partial charge in [-0.1, -0.05) is 12.1 Å². The van der Waals surface area contributed by atoms with Crippen LogP contribution in [-0.2, 0) is 0 Å². The second kappa shape index (κ2) is 4.11. The maximum absolute atomic E-state index is 9.75. The molecular formula is C11H9N5OS. The number of hydrogen-bond donors (Lipinski definition) is 4. The predicted octanol–water partition coefficient (Wildman–Crippen LogP) is 2.23. The highest BCUT2D eigenvalue weighted by Gasteiger charge is 2.10. The van der Waals surface area contributed by atoms with E-state index in [-0.39, 0.29) is 5.75 Å². The first-order chi connectivity index (χ1) is 8.74. The average Bonchev–Trinajstić information content (AvgIpc) is 2.98. The first-order valence-electron chi connectivity index (χ1n) is 5.23. The molecule has 3 aromatic rings. The minimum atomic E-state index is 0.186. The van der Waals surface area contributed by atoms with E-state index in [4.69, 9.17) is 12.2 Å². The van der Waals surface area contributed by atoms with Crippen LogP contribution in [0.25, 0.3) is 22.8 Å². The summed E-state index contributed by atoms with van der Waals surface area (Å²) in [4.78, 5) is 4.08. The van der Waals surface area contributed by atoms with Crippen LogP contribution in [-0.4, -0.2) is 30.5 Å². The molecule has 0 aliphatic heterocycles. The van der Waals surface area contributed by atoms with Gasteiger partial charge in [0.2, 0.25) is 4.77 Å². The van der Waals surface area contributed by atoms with Crippen molar-refractivity contribution in [1.82, 2.24) is 25.4 Å². The molecule has 0 atom stereocenters. The molecule has 3 rings (SSSR count). The normalized spacial score (nSPS) is 10.7. The zero-order valence-electron chi connectivity index (χ0n) is 9.14. The Labute approximate surface area is 107 Å². The van der Waals surface area contributed by atoms with Crippen LogP contribution in [0.3, 0.4) is 0 Å². The molecule has 0 saturated carbocycles. The van der Waals surface area contributed by atoms with E-state index in [1.165, 1.54) is 0 Å². The van der Waals surface area contributed by atoms with Crippen LogP contribution in [0.2, 0.25) is 0 Å². The molecule has 0 radical (unpaired) electrons. The number of para-hydroxylation sites is 1. The molecule has 0 unspecified atom stereocenters. The third kappa shape index (κ3) is 1.80. The number of aromatic amines is 3. The zero-order chi connectivity index (χ0) is 12.5. The van der Waals surface area contributed by atoms with E-state index < -0.39 is 0 Å². The minimum Gasteiger partial charge on any atom is -0.507 e. The molecule has 0 aliphatic rings. The maximum atomic E-state index is 9.75. The Morgan fingerprint density at radius 1 is 1.17 bits per heavy atom. The van der Waals surface area contributed by atoms with Gasteiger partial charge in [-0.25, -0.2) is 0 Å². The summed E-state index contributed by atoms with van der Waals surface area (Å²) in [6.45, 7) is 0. The van der Waals surface area contributed by atoms with Crippen LogP contribution in [0.4, 0.5) is 0 Å². The van der Waals surface area contributed by atoms with Crippen molar-refractivity contribution in [3.63, 3.8) is 0 Å². The molecule has 7 heteroatoms. The third-order valence-corrected chi connectivity index (χ3v) is 2.71. The molecule has 0 fully saturated rings. The van der Waals surface area contributed by atoms with Gasteiger partial charge < -0.3 is 5.11 Å². The number of phenols is 1. The largest absolute Gasteiger partial charge is 0.507 e. The van der Waals surface area contributed by atoms with Crippen molar-refractivity contribution in [2.45, 2.75) is 0 Å². The van der Waals surface area contributed by atoms with Gasteiger partial charge in [-0.2, -0.15) is 10.1 Å². The number of nitrogens with zero attached hydrogens (tertiary/aromatic N) is 2. The number of phenolic OH excluding ortho intramolecular Hbond substituents is 1. The summed E-state index contributed by atoms with van der Waals surface area (Å²) in [6.07, 6.45) is 0. The lowest BCUT2D eigenvalue weighted by atomic mass is 10.1. The number of rotatable bonds is 2. The first-order valence-corrected chi connectivity index (χ1v) is 5.64. The second-order valence-electron chi connectivity index (χ2n) is 3.70. The summed E-state index contributed by atoms with van der Waals surface area (Å²) in [6, 6.07) is 8.80. The molecule has 2 aromatic heterocycles. The lowest BCUT2D eigenvalue weighted by Gasteiger charge is -1.98. The van der Waals surface area contributed by atoms with E-state index in [1.54, 1.807) is 24.3 Å². The van der Waals surface area contributed by atoms with Crippen LogP contribution in [0, 0.1) is 4.77 Å². The fraction of sp³-hybridized carbons (Fsp3) is 0. The van der Waals surface area contributed by atoms with Gasteiger partial charge in [-0.3, -0.25) is 15.3 Å². The van der Waals surface area contributed by atoms with Gasteiger partial charge in [-0.15, -0.1) is 0 Å². The van der Waals surface area contributed by atoms with Crippen molar-refractivity contribution in [3.05, 3.63) is 35.1 Å². The standard InChI is InChI=1S/C11H9N5OS/c17-9-4-2-1-3-6(9)7-5-8(14-13-7)10-12-11(18)16-15-10/h1-5,17H,(H,13,14)(H2,12,15,16,18). The molecule has 2 heterocycles. The fourth-order valence-corrected chi connectivity index (χ4v) is 1.81. The van der Waals surface area contributed by atoms with Crippen LogP contribution in [0.1, 0.15) is 0 Å². The monoisotopic (exact) mass is 259 g/mol. The quantitative estimate of drug-likeness (QED) is 0.531. The van der Waals surface area contributed by atoms with Crippen molar-refractivity contribution >= 4 is 12.2 Å². The number of H-pyrrole nitrogens is 3. The lowest BCUT2D eigenvalue weighted by Crippen LogP contribution is -1.79. The summed E-state index contributed by atoms with van der Waals surface area (Å²) in [5, 5.41) is 22.3. The summed E-state index contributed by atoms with van der Waals surface area (Å²) in [5.41, 5.74) is 2.00. The fourth-order valence-electron chi connectivity index (χ4n) is 1.67. The van der Waals surface area contributed by atoms with E-state index in [1.807, 2.05) is 6.07 Å². The van der Waals surface area contributed by atoms with E-state index >= 15 is 0 Å². The molecule has 90 valence electrons. The molecular weight excluding hydrogens is 250 g/mol. The molecule has 0 aliphatic carbocycles. The number of hydrogen-bond acceptors (Lipinski definition) is 4. The minimum absolute atomic E-state index is 0.186. The maximum Gasteiger partial charge on any atom is 0.213 e. The van der Waals surface area contributed by atoms with Crippen LogP contribution < -0.4 is 0 Å². The van der Waals surface area contributed by atoms with Crippen molar-refractivity contribution in [2.75, 3.05) is 0 Å². The zero-order valence-corrected chi connectivity index (χ0v) is 9.95. The Balaban J connectivity index is 2.05. The van der Waals surface area contributed by atoms with Gasteiger partial charge in [0.1, 0.15) is 11.4 Å². The molecule has 6 nitrogen and oxygen atoms in total. The van der Waals surface area contributed by atoms with Crippen LogP contribution in [0.15, 0.2) is 30.3 Å². The number of aromatic nitrogens is 5. The van der Waals surface area contributed by atoms with Gasteiger partial charge >= 0.3 is 0 Å². The molecule has 1 aromatic carbocycles. The topological polar surface area (TPSA) is 93.4 Å². The summed E-state index contributed by atoms with van der Waals surface area (Å²) >= 11 is 4.88. The Morgan fingerprint density at radius 3 is 2.72 bits per heavy atom. The summed E-state index contributed by atoms with van der Waals surface area (Å²) < 4.78 is 0.378. The van der Waals surface area contributed by atoms with E-state index in [2.05, 4.69) is 25.4 Å². The average molecular weight is 259 g/mol. The number of benzene rings is 1. The molecule has 0 spiro atoms.